The Hall–Kier alpha value is -0.960. The maximum atomic E-state index is 12.5. The highest BCUT2D eigenvalue weighted by molar-refractivity contribution is 7.91. The Kier molecular flexibility index (Phi) is 5.60. The number of carbonyl (C=O) groups excluding carboxylic acids is 1. The molecule has 1 aliphatic rings. The van der Waals surface area contributed by atoms with Gasteiger partial charge in [0.15, 0.2) is 0 Å². The van der Waals surface area contributed by atoms with Crippen molar-refractivity contribution in [2.24, 2.45) is 0 Å². The van der Waals surface area contributed by atoms with Crippen LogP contribution < -0.4 is 5.32 Å². The molecular weight excluding hydrogens is 324 g/mol. The average molecular weight is 346 g/mol. The van der Waals surface area contributed by atoms with Crippen molar-refractivity contribution in [3.05, 3.63) is 17.0 Å². The van der Waals surface area contributed by atoms with Crippen LogP contribution in [0.4, 0.5) is 0 Å². The van der Waals surface area contributed by atoms with Gasteiger partial charge < -0.3 is 10.1 Å². The highest BCUT2D eigenvalue weighted by Gasteiger charge is 2.38. The smallest absolute Gasteiger partial charge is 0.252 e. The van der Waals surface area contributed by atoms with E-state index in [1.807, 2.05) is 13.8 Å². The van der Waals surface area contributed by atoms with Gasteiger partial charge in [0, 0.05) is 31.4 Å². The molecule has 0 atom stereocenters. The lowest BCUT2D eigenvalue weighted by atomic mass is 10.2. The Morgan fingerprint density at radius 1 is 1.45 bits per heavy atom. The monoisotopic (exact) mass is 346 g/mol. The zero-order valence-electron chi connectivity index (χ0n) is 13.0. The molecule has 0 aromatic carbocycles. The summed E-state index contributed by atoms with van der Waals surface area (Å²) in [6.07, 6.45) is 0.740. The van der Waals surface area contributed by atoms with Crippen LogP contribution in [0.15, 0.2) is 16.3 Å². The Morgan fingerprint density at radius 3 is 2.73 bits per heavy atom. The van der Waals surface area contributed by atoms with Gasteiger partial charge in [0.25, 0.3) is 10.0 Å². The second-order valence-electron chi connectivity index (χ2n) is 5.58. The minimum Gasteiger partial charge on any atom is -0.373 e. The molecule has 0 bridgehead atoms. The molecule has 1 N–H and O–H groups in total. The maximum Gasteiger partial charge on any atom is 0.252 e. The van der Waals surface area contributed by atoms with Crippen molar-refractivity contribution in [3.8, 4) is 0 Å². The Labute approximate surface area is 135 Å². The van der Waals surface area contributed by atoms with Crippen molar-refractivity contribution in [2.45, 2.75) is 43.6 Å². The van der Waals surface area contributed by atoms with E-state index in [2.05, 4.69) is 5.32 Å². The average Bonchev–Trinajstić information content (AvgIpc) is 2.81. The number of sulfonamides is 1. The van der Waals surface area contributed by atoms with Gasteiger partial charge in [-0.1, -0.05) is 0 Å². The van der Waals surface area contributed by atoms with Gasteiger partial charge in [-0.2, -0.15) is 4.31 Å². The van der Waals surface area contributed by atoms with E-state index in [4.69, 9.17) is 4.74 Å². The highest BCUT2D eigenvalue weighted by atomic mass is 32.2. The van der Waals surface area contributed by atoms with Crippen LogP contribution in [0.5, 0.6) is 0 Å². The molecule has 1 aliphatic heterocycles. The van der Waals surface area contributed by atoms with Crippen molar-refractivity contribution in [2.75, 3.05) is 19.6 Å². The summed E-state index contributed by atoms with van der Waals surface area (Å²) < 4.78 is 32.3. The molecule has 2 rings (SSSR count). The number of nitrogens with one attached hydrogen (secondary N) is 1. The summed E-state index contributed by atoms with van der Waals surface area (Å²) in [6, 6.07) is 3.45. The quantitative estimate of drug-likeness (QED) is 0.805. The van der Waals surface area contributed by atoms with Crippen LogP contribution in [-0.4, -0.2) is 50.5 Å². The second kappa shape index (κ2) is 7.08. The van der Waals surface area contributed by atoms with E-state index >= 15 is 0 Å². The minimum absolute atomic E-state index is 0.00558. The molecule has 0 spiro atoms. The van der Waals surface area contributed by atoms with Crippen LogP contribution in [0.2, 0.25) is 0 Å². The fourth-order valence-corrected chi connectivity index (χ4v) is 5.20. The van der Waals surface area contributed by atoms with E-state index in [0.29, 0.717) is 30.3 Å². The summed E-state index contributed by atoms with van der Waals surface area (Å²) >= 11 is 1.26. The van der Waals surface area contributed by atoms with Crippen LogP contribution in [-0.2, 0) is 26.0 Å². The van der Waals surface area contributed by atoms with Crippen LogP contribution in [0.3, 0.4) is 0 Å². The molecule has 1 fully saturated rings. The van der Waals surface area contributed by atoms with Gasteiger partial charge in [-0.15, -0.1) is 11.3 Å². The number of amides is 1. The molecule has 1 aromatic heterocycles. The van der Waals surface area contributed by atoms with Gasteiger partial charge in [-0.3, -0.25) is 4.79 Å². The van der Waals surface area contributed by atoms with Gasteiger partial charge >= 0.3 is 0 Å². The fraction of sp³-hybridized carbons (Fsp3) is 0.643. The third kappa shape index (κ3) is 4.28. The number of carbonyl (C=O) groups is 1. The topological polar surface area (TPSA) is 75.7 Å². The normalized spacial score (nSPS) is 16.7. The first kappa shape index (κ1) is 17.4. The van der Waals surface area contributed by atoms with E-state index in [1.54, 1.807) is 12.1 Å². The lowest BCUT2D eigenvalue weighted by molar-refractivity contribution is -0.118. The summed E-state index contributed by atoms with van der Waals surface area (Å²) in [4.78, 5) is 11.8. The van der Waals surface area contributed by atoms with E-state index < -0.39 is 10.0 Å². The lowest BCUT2D eigenvalue weighted by Crippen LogP contribution is -2.55. The van der Waals surface area contributed by atoms with Crippen molar-refractivity contribution in [3.63, 3.8) is 0 Å². The molecule has 0 saturated carbocycles. The zero-order chi connectivity index (χ0) is 16.3. The third-order valence-corrected chi connectivity index (χ3v) is 6.70. The molecule has 0 unspecified atom stereocenters. The maximum absolute atomic E-state index is 12.5. The van der Waals surface area contributed by atoms with Crippen molar-refractivity contribution < 1.29 is 17.9 Å². The van der Waals surface area contributed by atoms with Crippen LogP contribution >= 0.6 is 11.3 Å². The standard InChI is InChI=1S/C14H22N2O4S2/c1-10(2)20-12-8-16(9-12)22(18,19)14-5-4-13(21-14)6-7-15-11(3)17/h4-5,10,12H,6-9H2,1-3H3,(H,15,17). The summed E-state index contributed by atoms with van der Waals surface area (Å²) in [5, 5.41) is 2.70. The van der Waals surface area contributed by atoms with E-state index in [-0.39, 0.29) is 18.1 Å². The van der Waals surface area contributed by atoms with Crippen molar-refractivity contribution in [1.82, 2.24) is 9.62 Å². The number of nitrogens with zero attached hydrogens (tertiary/aromatic N) is 1. The molecule has 1 saturated heterocycles. The summed E-state index contributed by atoms with van der Waals surface area (Å²) in [5.41, 5.74) is 0. The Balaban J connectivity index is 1.91. The number of ether oxygens (including phenoxy) is 1. The first-order valence-electron chi connectivity index (χ1n) is 7.28. The van der Waals surface area contributed by atoms with Crippen molar-refractivity contribution in [1.29, 1.82) is 0 Å². The predicted octanol–water partition coefficient (Wildman–Crippen LogP) is 1.22. The molecule has 1 amide bonds. The molecule has 22 heavy (non-hydrogen) atoms. The summed E-state index contributed by atoms with van der Waals surface area (Å²) in [5.74, 6) is -0.0822. The van der Waals surface area contributed by atoms with E-state index in [9.17, 15) is 13.2 Å². The summed E-state index contributed by atoms with van der Waals surface area (Å²) in [6.45, 7) is 6.70. The molecule has 0 aliphatic carbocycles. The molecule has 0 radical (unpaired) electrons. The molecular formula is C14H22N2O4S2. The van der Waals surface area contributed by atoms with Crippen LogP contribution in [0.25, 0.3) is 0 Å². The first-order valence-corrected chi connectivity index (χ1v) is 9.53. The van der Waals surface area contributed by atoms with Crippen LogP contribution in [0.1, 0.15) is 25.6 Å². The number of hydrogen-bond donors (Lipinski definition) is 1. The first-order chi connectivity index (χ1) is 10.3. The van der Waals surface area contributed by atoms with Gasteiger partial charge in [-0.25, -0.2) is 8.42 Å². The van der Waals surface area contributed by atoms with Crippen LogP contribution in [0, 0.1) is 0 Å². The van der Waals surface area contributed by atoms with E-state index in [1.165, 1.54) is 22.6 Å². The van der Waals surface area contributed by atoms with Gasteiger partial charge in [-0.05, 0) is 32.4 Å². The molecule has 1 aromatic rings. The highest BCUT2D eigenvalue weighted by Crippen LogP contribution is 2.29. The SMILES string of the molecule is CC(=O)NCCc1ccc(S(=O)(=O)N2CC(OC(C)C)C2)s1. The largest absolute Gasteiger partial charge is 0.373 e. The number of hydrogen-bond acceptors (Lipinski definition) is 5. The minimum atomic E-state index is -3.41. The molecule has 6 nitrogen and oxygen atoms in total. The molecule has 2 heterocycles. The summed E-state index contributed by atoms with van der Waals surface area (Å²) in [7, 11) is -3.41. The lowest BCUT2D eigenvalue weighted by Gasteiger charge is -2.38. The number of thiophene rings is 1. The Morgan fingerprint density at radius 2 is 2.14 bits per heavy atom. The second-order valence-corrected chi connectivity index (χ2v) is 8.92. The molecule has 8 heteroatoms. The fourth-order valence-electron chi connectivity index (χ4n) is 2.19. The number of rotatable bonds is 7. The van der Waals surface area contributed by atoms with Crippen molar-refractivity contribution >= 4 is 27.3 Å². The van der Waals surface area contributed by atoms with Gasteiger partial charge in [0.2, 0.25) is 5.91 Å². The van der Waals surface area contributed by atoms with E-state index in [0.717, 1.165) is 4.88 Å². The zero-order valence-corrected chi connectivity index (χ0v) is 14.7. The molecule has 124 valence electrons. The third-order valence-electron chi connectivity index (χ3n) is 3.26. The Bertz CT molecular complexity index is 619. The van der Waals surface area contributed by atoms with Gasteiger partial charge in [0.1, 0.15) is 4.21 Å². The predicted molar refractivity (Wildman–Crippen MR) is 85.5 cm³/mol. The van der Waals surface area contributed by atoms with Gasteiger partial charge in [0.05, 0.1) is 12.2 Å².